The molecule has 0 fully saturated rings. The number of nitrogens with zero attached hydrogens (tertiary/aromatic N) is 2. The molecule has 1 rings (SSSR count). The molecule has 0 saturated carbocycles. The van der Waals surface area contributed by atoms with Crippen LogP contribution in [0.3, 0.4) is 0 Å². The van der Waals surface area contributed by atoms with Crippen LogP contribution in [0.25, 0.3) is 0 Å². The second-order valence-corrected chi connectivity index (χ2v) is 4.44. The van der Waals surface area contributed by atoms with Crippen molar-refractivity contribution in [3.63, 3.8) is 0 Å². The Bertz CT molecular complexity index is 378. The van der Waals surface area contributed by atoms with E-state index in [1.165, 1.54) is 11.3 Å². The predicted octanol–water partition coefficient (Wildman–Crippen LogP) is 3.10. The highest BCUT2D eigenvalue weighted by atomic mass is 15.1. The average Bonchev–Trinajstić information content (AvgIpc) is 2.42. The topological polar surface area (TPSA) is 39.1 Å². The van der Waals surface area contributed by atoms with Gasteiger partial charge in [-0.05, 0) is 30.7 Å². The molecule has 3 nitrogen and oxygen atoms in total. The van der Waals surface area contributed by atoms with Crippen LogP contribution < -0.4 is 10.2 Å². The van der Waals surface area contributed by atoms with Crippen LogP contribution in [-0.4, -0.2) is 20.1 Å². The molecule has 3 heteroatoms. The van der Waals surface area contributed by atoms with Gasteiger partial charge in [-0.25, -0.2) is 0 Å². The van der Waals surface area contributed by atoms with E-state index in [1.54, 1.807) is 0 Å². The molecule has 0 aliphatic rings. The molecule has 98 valence electrons. The van der Waals surface area contributed by atoms with Crippen molar-refractivity contribution in [3.05, 3.63) is 29.8 Å². The number of nitriles is 1. The van der Waals surface area contributed by atoms with Gasteiger partial charge in [-0.15, -0.1) is 0 Å². The minimum Gasteiger partial charge on any atom is -0.374 e. The molecule has 0 saturated heterocycles. The second kappa shape index (κ2) is 7.73. The molecule has 1 atom stereocenters. The van der Waals surface area contributed by atoms with E-state index in [0.717, 1.165) is 19.5 Å². The maximum Gasteiger partial charge on any atom is 0.0640 e. The van der Waals surface area contributed by atoms with Gasteiger partial charge in [0.2, 0.25) is 0 Å². The Kier molecular flexibility index (Phi) is 6.24. The van der Waals surface area contributed by atoms with E-state index in [-0.39, 0.29) is 0 Å². The van der Waals surface area contributed by atoms with Crippen molar-refractivity contribution in [1.82, 2.24) is 5.32 Å². The van der Waals surface area contributed by atoms with E-state index < -0.39 is 0 Å². The molecule has 1 unspecified atom stereocenters. The molecule has 0 aliphatic carbocycles. The summed E-state index contributed by atoms with van der Waals surface area (Å²) in [5.74, 6) is 0. The number of anilines is 1. The molecule has 0 aromatic heterocycles. The highest BCUT2D eigenvalue weighted by molar-refractivity contribution is 5.47. The number of benzene rings is 1. The minimum atomic E-state index is 0.438. The van der Waals surface area contributed by atoms with Gasteiger partial charge in [-0.3, -0.25) is 0 Å². The lowest BCUT2D eigenvalue weighted by Crippen LogP contribution is -2.21. The largest absolute Gasteiger partial charge is 0.374 e. The summed E-state index contributed by atoms with van der Waals surface area (Å²) >= 11 is 0. The van der Waals surface area contributed by atoms with Gasteiger partial charge >= 0.3 is 0 Å². The lowest BCUT2D eigenvalue weighted by molar-refractivity contribution is 0.537. The van der Waals surface area contributed by atoms with Crippen LogP contribution in [-0.2, 0) is 0 Å². The molecule has 1 aromatic carbocycles. The smallest absolute Gasteiger partial charge is 0.0640 e. The van der Waals surface area contributed by atoms with E-state index >= 15 is 0 Å². The maximum absolute atomic E-state index is 8.58. The fraction of sp³-hybridized carbons (Fsp3) is 0.533. The Morgan fingerprint density at radius 2 is 1.94 bits per heavy atom. The van der Waals surface area contributed by atoms with Crippen molar-refractivity contribution in [2.75, 3.05) is 25.0 Å². The van der Waals surface area contributed by atoms with Gasteiger partial charge in [0.25, 0.3) is 0 Å². The van der Waals surface area contributed by atoms with E-state index in [1.807, 2.05) is 7.05 Å². The monoisotopic (exact) mass is 245 g/mol. The van der Waals surface area contributed by atoms with Gasteiger partial charge in [0, 0.05) is 25.3 Å². The molecule has 0 spiro atoms. The molecule has 0 aliphatic heterocycles. The van der Waals surface area contributed by atoms with Crippen LogP contribution in [0.4, 0.5) is 5.69 Å². The zero-order chi connectivity index (χ0) is 13.4. The van der Waals surface area contributed by atoms with E-state index in [2.05, 4.69) is 54.4 Å². The van der Waals surface area contributed by atoms with E-state index in [0.29, 0.717) is 12.5 Å². The van der Waals surface area contributed by atoms with Crippen molar-refractivity contribution in [2.45, 2.75) is 32.7 Å². The minimum absolute atomic E-state index is 0.438. The standard InChI is InChI=1S/C15H23N3/c1-4-15(17-5-2)13-7-9-14(10-8-13)18(3)12-6-11-16/h7-10,15,17H,4-6,12H2,1-3H3. The highest BCUT2D eigenvalue weighted by Crippen LogP contribution is 2.20. The maximum atomic E-state index is 8.58. The quantitative estimate of drug-likeness (QED) is 0.802. The van der Waals surface area contributed by atoms with Crippen LogP contribution in [0.5, 0.6) is 0 Å². The summed E-state index contributed by atoms with van der Waals surface area (Å²) < 4.78 is 0. The number of hydrogen-bond acceptors (Lipinski definition) is 3. The first kappa shape index (κ1) is 14.5. The first-order valence-corrected chi connectivity index (χ1v) is 6.64. The van der Waals surface area contributed by atoms with E-state index in [4.69, 9.17) is 5.26 Å². The summed E-state index contributed by atoms with van der Waals surface area (Å²) in [5.41, 5.74) is 2.50. The first-order chi connectivity index (χ1) is 8.72. The summed E-state index contributed by atoms with van der Waals surface area (Å²) in [6.07, 6.45) is 1.66. The van der Waals surface area contributed by atoms with Gasteiger partial charge in [0.15, 0.2) is 0 Å². The number of hydrogen-bond donors (Lipinski definition) is 1. The normalized spacial score (nSPS) is 11.9. The Morgan fingerprint density at radius 1 is 1.28 bits per heavy atom. The van der Waals surface area contributed by atoms with Crippen LogP contribution in [0.15, 0.2) is 24.3 Å². The Hall–Kier alpha value is -1.53. The van der Waals surface area contributed by atoms with Gasteiger partial charge in [-0.2, -0.15) is 5.26 Å². The third kappa shape index (κ3) is 4.05. The van der Waals surface area contributed by atoms with Crippen molar-refractivity contribution in [1.29, 1.82) is 5.26 Å². The number of nitrogens with one attached hydrogen (secondary N) is 1. The Morgan fingerprint density at radius 3 is 2.44 bits per heavy atom. The zero-order valence-electron chi connectivity index (χ0n) is 11.6. The van der Waals surface area contributed by atoms with Crippen molar-refractivity contribution in [3.8, 4) is 6.07 Å². The van der Waals surface area contributed by atoms with Gasteiger partial charge in [0.1, 0.15) is 0 Å². The predicted molar refractivity (Wildman–Crippen MR) is 76.7 cm³/mol. The van der Waals surface area contributed by atoms with Crippen molar-refractivity contribution < 1.29 is 0 Å². The molecule has 0 bridgehead atoms. The molecule has 1 N–H and O–H groups in total. The zero-order valence-corrected chi connectivity index (χ0v) is 11.6. The molecular formula is C15H23N3. The summed E-state index contributed by atoms with van der Waals surface area (Å²) in [4.78, 5) is 2.11. The molecule has 0 heterocycles. The summed E-state index contributed by atoms with van der Waals surface area (Å²) in [6.45, 7) is 6.09. The Labute approximate surface area is 110 Å². The van der Waals surface area contributed by atoms with Crippen LogP contribution in [0.1, 0.15) is 38.3 Å². The first-order valence-electron chi connectivity index (χ1n) is 6.64. The molecule has 18 heavy (non-hydrogen) atoms. The average molecular weight is 245 g/mol. The lowest BCUT2D eigenvalue weighted by atomic mass is 10.0. The lowest BCUT2D eigenvalue weighted by Gasteiger charge is -2.20. The van der Waals surface area contributed by atoms with Gasteiger partial charge < -0.3 is 10.2 Å². The third-order valence-electron chi connectivity index (χ3n) is 3.15. The fourth-order valence-electron chi connectivity index (χ4n) is 2.05. The number of rotatable bonds is 7. The van der Waals surface area contributed by atoms with Crippen LogP contribution in [0.2, 0.25) is 0 Å². The van der Waals surface area contributed by atoms with Crippen LogP contribution >= 0.6 is 0 Å². The molecular weight excluding hydrogens is 222 g/mol. The SMILES string of the molecule is CCNC(CC)c1ccc(N(C)CCC#N)cc1. The second-order valence-electron chi connectivity index (χ2n) is 4.44. The molecule has 0 amide bonds. The Balaban J connectivity index is 2.69. The van der Waals surface area contributed by atoms with Crippen LogP contribution in [0, 0.1) is 11.3 Å². The van der Waals surface area contributed by atoms with Crippen molar-refractivity contribution in [2.24, 2.45) is 0 Å². The summed E-state index contributed by atoms with van der Waals surface area (Å²) in [6, 6.07) is 11.2. The molecule has 0 radical (unpaired) electrons. The third-order valence-corrected chi connectivity index (χ3v) is 3.15. The van der Waals surface area contributed by atoms with E-state index in [9.17, 15) is 0 Å². The fourth-order valence-corrected chi connectivity index (χ4v) is 2.05. The van der Waals surface area contributed by atoms with Gasteiger partial charge in [0.05, 0.1) is 12.5 Å². The highest BCUT2D eigenvalue weighted by Gasteiger charge is 2.08. The summed E-state index contributed by atoms with van der Waals surface area (Å²) in [7, 11) is 2.02. The van der Waals surface area contributed by atoms with Gasteiger partial charge in [-0.1, -0.05) is 26.0 Å². The summed E-state index contributed by atoms with van der Waals surface area (Å²) in [5, 5.41) is 12.1. The van der Waals surface area contributed by atoms with Crippen molar-refractivity contribution >= 4 is 5.69 Å². The molecule has 1 aromatic rings.